The molecule has 1 unspecified atom stereocenters. The molecule has 76 valence electrons. The third-order valence-corrected chi connectivity index (χ3v) is 3.51. The standard InChI is InChI=1S/C11H21NO/c1-12-7-2-5-11(13,6-8-12)9-10-3-4-10/h10,13H,2-9H2,1H3. The van der Waals surface area contributed by atoms with Crippen LogP contribution in [0.4, 0.5) is 0 Å². The molecular formula is C11H21NO. The van der Waals surface area contributed by atoms with E-state index in [4.69, 9.17) is 0 Å². The zero-order valence-electron chi connectivity index (χ0n) is 8.63. The van der Waals surface area contributed by atoms with E-state index in [9.17, 15) is 5.11 Å². The maximum absolute atomic E-state index is 10.4. The Labute approximate surface area is 80.9 Å². The molecule has 1 atom stereocenters. The molecular weight excluding hydrogens is 162 g/mol. The molecule has 13 heavy (non-hydrogen) atoms. The maximum atomic E-state index is 10.4. The van der Waals surface area contributed by atoms with Gasteiger partial charge in [0.25, 0.3) is 0 Å². The minimum atomic E-state index is -0.314. The molecule has 0 aromatic heterocycles. The monoisotopic (exact) mass is 183 g/mol. The molecule has 0 amide bonds. The summed E-state index contributed by atoms with van der Waals surface area (Å²) >= 11 is 0. The molecule has 1 aliphatic heterocycles. The van der Waals surface area contributed by atoms with Crippen LogP contribution in [0.15, 0.2) is 0 Å². The Morgan fingerprint density at radius 1 is 1.31 bits per heavy atom. The molecule has 0 spiro atoms. The van der Waals surface area contributed by atoms with Gasteiger partial charge in [-0.05, 0) is 45.2 Å². The van der Waals surface area contributed by atoms with Crippen molar-refractivity contribution in [2.24, 2.45) is 5.92 Å². The van der Waals surface area contributed by atoms with Crippen molar-refractivity contribution in [3.63, 3.8) is 0 Å². The zero-order valence-corrected chi connectivity index (χ0v) is 8.63. The summed E-state index contributed by atoms with van der Waals surface area (Å²) in [4.78, 5) is 2.34. The first-order chi connectivity index (χ1) is 6.18. The van der Waals surface area contributed by atoms with Crippen LogP contribution in [-0.4, -0.2) is 35.7 Å². The van der Waals surface area contributed by atoms with Crippen molar-refractivity contribution in [1.29, 1.82) is 0 Å². The molecule has 1 saturated carbocycles. The Balaban J connectivity index is 1.87. The second-order valence-electron chi connectivity index (χ2n) is 5.03. The molecule has 2 heteroatoms. The van der Waals surface area contributed by atoms with Gasteiger partial charge in [0.05, 0.1) is 5.60 Å². The van der Waals surface area contributed by atoms with Gasteiger partial charge in [0.2, 0.25) is 0 Å². The lowest BCUT2D eigenvalue weighted by Crippen LogP contribution is -2.30. The van der Waals surface area contributed by atoms with Gasteiger partial charge < -0.3 is 10.0 Å². The number of nitrogens with zero attached hydrogens (tertiary/aromatic N) is 1. The van der Waals surface area contributed by atoms with E-state index in [1.807, 2.05) is 0 Å². The second-order valence-corrected chi connectivity index (χ2v) is 5.03. The zero-order chi connectivity index (χ0) is 9.31. The van der Waals surface area contributed by atoms with Crippen molar-refractivity contribution in [3.05, 3.63) is 0 Å². The van der Waals surface area contributed by atoms with Crippen molar-refractivity contribution in [3.8, 4) is 0 Å². The number of rotatable bonds is 2. The van der Waals surface area contributed by atoms with Crippen molar-refractivity contribution < 1.29 is 5.11 Å². The molecule has 1 N–H and O–H groups in total. The number of likely N-dealkylation sites (tertiary alicyclic amines) is 1. The van der Waals surface area contributed by atoms with E-state index in [1.165, 1.54) is 19.3 Å². The van der Waals surface area contributed by atoms with Gasteiger partial charge in [-0.1, -0.05) is 12.8 Å². The highest BCUT2D eigenvalue weighted by atomic mass is 16.3. The Morgan fingerprint density at radius 3 is 2.77 bits per heavy atom. The van der Waals surface area contributed by atoms with Crippen LogP contribution in [0.3, 0.4) is 0 Å². The van der Waals surface area contributed by atoms with E-state index in [-0.39, 0.29) is 5.60 Å². The lowest BCUT2D eigenvalue weighted by molar-refractivity contribution is 0.0123. The van der Waals surface area contributed by atoms with Gasteiger partial charge in [-0.25, -0.2) is 0 Å². The maximum Gasteiger partial charge on any atom is 0.0663 e. The quantitative estimate of drug-likeness (QED) is 0.703. The van der Waals surface area contributed by atoms with Crippen LogP contribution in [0.1, 0.15) is 38.5 Å². The summed E-state index contributed by atoms with van der Waals surface area (Å²) < 4.78 is 0. The van der Waals surface area contributed by atoms with Gasteiger partial charge in [0.1, 0.15) is 0 Å². The van der Waals surface area contributed by atoms with E-state index in [1.54, 1.807) is 0 Å². The molecule has 2 nitrogen and oxygen atoms in total. The Bertz CT molecular complexity index is 179. The van der Waals surface area contributed by atoms with Crippen molar-refractivity contribution >= 4 is 0 Å². The van der Waals surface area contributed by atoms with E-state index in [0.29, 0.717) is 0 Å². The van der Waals surface area contributed by atoms with Crippen molar-refractivity contribution in [1.82, 2.24) is 4.90 Å². The van der Waals surface area contributed by atoms with E-state index in [2.05, 4.69) is 11.9 Å². The molecule has 1 saturated heterocycles. The molecule has 0 radical (unpaired) electrons. The summed E-state index contributed by atoms with van der Waals surface area (Å²) in [7, 11) is 2.16. The normalized spacial score (nSPS) is 37.4. The Hall–Kier alpha value is -0.0800. The summed E-state index contributed by atoms with van der Waals surface area (Å²) in [5.74, 6) is 0.855. The van der Waals surface area contributed by atoms with E-state index < -0.39 is 0 Å². The Morgan fingerprint density at radius 2 is 2.08 bits per heavy atom. The first-order valence-electron chi connectivity index (χ1n) is 5.59. The summed E-state index contributed by atoms with van der Waals surface area (Å²) in [6, 6.07) is 0. The first kappa shape index (κ1) is 9.47. The molecule has 1 aliphatic carbocycles. The minimum Gasteiger partial charge on any atom is -0.390 e. The van der Waals surface area contributed by atoms with Crippen LogP contribution < -0.4 is 0 Å². The molecule has 0 aromatic carbocycles. The lowest BCUT2D eigenvalue weighted by atomic mass is 9.89. The summed E-state index contributed by atoms with van der Waals surface area (Å²) in [6.07, 6.45) is 6.96. The predicted octanol–water partition coefficient (Wildman–Crippen LogP) is 1.63. The first-order valence-corrected chi connectivity index (χ1v) is 5.59. The Kier molecular flexibility index (Phi) is 2.61. The smallest absolute Gasteiger partial charge is 0.0663 e. The van der Waals surface area contributed by atoms with Crippen LogP contribution in [-0.2, 0) is 0 Å². The largest absolute Gasteiger partial charge is 0.390 e. The predicted molar refractivity (Wildman–Crippen MR) is 53.6 cm³/mol. The number of hydrogen-bond acceptors (Lipinski definition) is 2. The van der Waals surface area contributed by atoms with Gasteiger partial charge in [0.15, 0.2) is 0 Å². The van der Waals surface area contributed by atoms with Gasteiger partial charge >= 0.3 is 0 Å². The minimum absolute atomic E-state index is 0.314. The van der Waals surface area contributed by atoms with Gasteiger partial charge in [-0.3, -0.25) is 0 Å². The molecule has 2 fully saturated rings. The fourth-order valence-electron chi connectivity index (χ4n) is 2.38. The van der Waals surface area contributed by atoms with Crippen LogP contribution in [0.25, 0.3) is 0 Å². The average Bonchev–Trinajstić information content (AvgIpc) is 2.84. The van der Waals surface area contributed by atoms with Gasteiger partial charge in [-0.15, -0.1) is 0 Å². The van der Waals surface area contributed by atoms with Crippen molar-refractivity contribution in [2.75, 3.05) is 20.1 Å². The summed E-state index contributed by atoms with van der Waals surface area (Å²) in [5, 5.41) is 10.4. The summed E-state index contributed by atoms with van der Waals surface area (Å²) in [6.45, 7) is 2.23. The topological polar surface area (TPSA) is 23.5 Å². The molecule has 2 aliphatic rings. The fraction of sp³-hybridized carbons (Fsp3) is 1.00. The highest BCUT2D eigenvalue weighted by Gasteiger charge is 2.35. The lowest BCUT2D eigenvalue weighted by Gasteiger charge is -2.26. The molecule has 0 bridgehead atoms. The van der Waals surface area contributed by atoms with E-state index in [0.717, 1.165) is 38.3 Å². The van der Waals surface area contributed by atoms with E-state index >= 15 is 0 Å². The summed E-state index contributed by atoms with van der Waals surface area (Å²) in [5.41, 5.74) is -0.314. The number of aliphatic hydroxyl groups is 1. The number of hydrogen-bond donors (Lipinski definition) is 1. The third kappa shape index (κ3) is 2.68. The van der Waals surface area contributed by atoms with Gasteiger partial charge in [0, 0.05) is 6.54 Å². The average molecular weight is 183 g/mol. The highest BCUT2D eigenvalue weighted by Crippen LogP contribution is 2.40. The third-order valence-electron chi connectivity index (χ3n) is 3.51. The molecule has 0 aromatic rings. The highest BCUT2D eigenvalue weighted by molar-refractivity contribution is 4.89. The van der Waals surface area contributed by atoms with Crippen molar-refractivity contribution in [2.45, 2.75) is 44.1 Å². The van der Waals surface area contributed by atoms with Crippen LogP contribution >= 0.6 is 0 Å². The SMILES string of the molecule is CN1CCCC(O)(CC2CC2)CC1. The molecule has 1 heterocycles. The van der Waals surface area contributed by atoms with Crippen LogP contribution in [0.5, 0.6) is 0 Å². The molecule has 2 rings (SSSR count). The fourth-order valence-corrected chi connectivity index (χ4v) is 2.38. The second kappa shape index (κ2) is 3.58. The van der Waals surface area contributed by atoms with Crippen LogP contribution in [0.2, 0.25) is 0 Å². The van der Waals surface area contributed by atoms with Gasteiger partial charge in [-0.2, -0.15) is 0 Å². The van der Waals surface area contributed by atoms with Crippen LogP contribution in [0, 0.1) is 5.92 Å².